The van der Waals surface area contributed by atoms with Crippen molar-refractivity contribution in [3.8, 4) is 0 Å². The van der Waals surface area contributed by atoms with Gasteiger partial charge in [-0.2, -0.15) is 0 Å². The maximum atomic E-state index is 5.10. The molecule has 0 aliphatic carbocycles. The molecular weight excluding hydrogens is 282 g/mol. The predicted octanol–water partition coefficient (Wildman–Crippen LogP) is 3.21. The van der Waals surface area contributed by atoms with E-state index in [1.54, 1.807) is 0 Å². The quantitative estimate of drug-likeness (QED) is 0.809. The van der Waals surface area contributed by atoms with E-state index in [1.165, 1.54) is 22.5 Å². The number of para-hydroxylation sites is 1. The van der Waals surface area contributed by atoms with Gasteiger partial charge in [-0.1, -0.05) is 42.5 Å². The number of rotatable bonds is 0. The highest BCUT2D eigenvalue weighted by atomic mass is 15.2. The van der Waals surface area contributed by atoms with Gasteiger partial charge < -0.3 is 10.2 Å². The zero-order chi connectivity index (χ0) is 15.5. The molecule has 0 unspecified atom stereocenters. The van der Waals surface area contributed by atoms with Crippen molar-refractivity contribution in [2.24, 2.45) is 4.99 Å². The van der Waals surface area contributed by atoms with Crippen LogP contribution in [0.25, 0.3) is 0 Å². The van der Waals surface area contributed by atoms with Crippen molar-refractivity contribution in [1.29, 1.82) is 0 Å². The zero-order valence-electron chi connectivity index (χ0n) is 13.5. The Bertz CT molecular complexity index is 720. The maximum absolute atomic E-state index is 5.10. The third-order valence-electron chi connectivity index (χ3n) is 4.85. The van der Waals surface area contributed by atoms with Crippen LogP contribution in [0.1, 0.15) is 18.1 Å². The molecule has 0 spiro atoms. The predicted molar refractivity (Wildman–Crippen MR) is 97.6 cm³/mol. The number of piperazine rings is 1. The van der Waals surface area contributed by atoms with E-state index < -0.39 is 0 Å². The molecule has 2 aliphatic heterocycles. The van der Waals surface area contributed by atoms with Gasteiger partial charge in [0.05, 0.1) is 5.69 Å². The molecule has 0 saturated carbocycles. The van der Waals surface area contributed by atoms with E-state index in [9.17, 15) is 0 Å². The van der Waals surface area contributed by atoms with E-state index in [2.05, 4.69) is 58.7 Å². The minimum atomic E-state index is 0. The Morgan fingerprint density at radius 2 is 1.48 bits per heavy atom. The summed E-state index contributed by atoms with van der Waals surface area (Å²) in [6.07, 6.45) is 3.09. The van der Waals surface area contributed by atoms with Crippen LogP contribution in [-0.4, -0.2) is 36.9 Å². The van der Waals surface area contributed by atoms with E-state index >= 15 is 0 Å². The normalized spacial score (nSPS) is 18.1. The van der Waals surface area contributed by atoms with Gasteiger partial charge in [-0.15, -0.1) is 0 Å². The summed E-state index contributed by atoms with van der Waals surface area (Å²) in [5.41, 5.74) is 5.40. The lowest BCUT2D eigenvalue weighted by atomic mass is 9.98. The van der Waals surface area contributed by atoms with Crippen molar-refractivity contribution in [1.82, 2.24) is 10.2 Å². The lowest BCUT2D eigenvalue weighted by Crippen LogP contribution is -2.47. The Balaban J connectivity index is 0.00000169. The number of hydrogen-bond donors (Lipinski definition) is 1. The fraction of sp³-hybridized carbons (Fsp3) is 0.350. The lowest BCUT2D eigenvalue weighted by Gasteiger charge is -2.31. The van der Waals surface area contributed by atoms with Gasteiger partial charge in [0, 0.05) is 34.0 Å². The topological polar surface area (TPSA) is 27.6 Å². The van der Waals surface area contributed by atoms with Crippen molar-refractivity contribution in [2.45, 2.75) is 19.3 Å². The SMILES string of the molecule is [HH].c1ccc2c(c1)CCc1ccccc1N=C(N1CCNCC1)C2. The number of aryl methyl sites for hydroxylation is 2. The van der Waals surface area contributed by atoms with Crippen LogP contribution >= 0.6 is 0 Å². The molecule has 0 bridgehead atoms. The molecule has 0 radical (unpaired) electrons. The molecule has 1 saturated heterocycles. The first kappa shape index (κ1) is 14.5. The largest absolute Gasteiger partial charge is 0.357 e. The molecule has 3 nitrogen and oxygen atoms in total. The van der Waals surface area contributed by atoms with E-state index in [0.29, 0.717) is 0 Å². The van der Waals surface area contributed by atoms with Gasteiger partial charge in [-0.3, -0.25) is 0 Å². The van der Waals surface area contributed by atoms with Crippen molar-refractivity contribution in [2.75, 3.05) is 26.2 Å². The molecule has 2 heterocycles. The Morgan fingerprint density at radius 3 is 2.30 bits per heavy atom. The number of hydrogen-bond acceptors (Lipinski definition) is 3. The van der Waals surface area contributed by atoms with Crippen LogP contribution in [0.4, 0.5) is 5.69 Å². The van der Waals surface area contributed by atoms with Gasteiger partial charge >= 0.3 is 0 Å². The second-order valence-corrected chi connectivity index (χ2v) is 6.34. The summed E-state index contributed by atoms with van der Waals surface area (Å²) in [4.78, 5) is 7.55. The first-order chi connectivity index (χ1) is 11.4. The van der Waals surface area contributed by atoms with Gasteiger partial charge in [0.1, 0.15) is 5.84 Å². The van der Waals surface area contributed by atoms with Crippen molar-refractivity contribution >= 4 is 11.5 Å². The zero-order valence-corrected chi connectivity index (χ0v) is 13.5. The number of amidine groups is 1. The summed E-state index contributed by atoms with van der Waals surface area (Å²) in [6, 6.07) is 17.5. The monoisotopic (exact) mass is 307 g/mol. The summed E-state index contributed by atoms with van der Waals surface area (Å²) in [6.45, 7) is 4.18. The second kappa shape index (κ2) is 6.55. The van der Waals surface area contributed by atoms with Gasteiger partial charge in [-0.25, -0.2) is 4.99 Å². The molecule has 23 heavy (non-hydrogen) atoms. The Morgan fingerprint density at radius 1 is 0.826 bits per heavy atom. The van der Waals surface area contributed by atoms with Crippen molar-refractivity contribution in [3.05, 3.63) is 65.2 Å². The highest BCUT2D eigenvalue weighted by Crippen LogP contribution is 2.25. The Hall–Kier alpha value is -2.13. The fourth-order valence-corrected chi connectivity index (χ4v) is 3.53. The smallest absolute Gasteiger partial charge is 0.109 e. The van der Waals surface area contributed by atoms with Crippen LogP contribution in [0.5, 0.6) is 0 Å². The van der Waals surface area contributed by atoms with Crippen molar-refractivity contribution in [3.63, 3.8) is 0 Å². The third-order valence-corrected chi connectivity index (χ3v) is 4.85. The van der Waals surface area contributed by atoms with Crippen molar-refractivity contribution < 1.29 is 1.43 Å². The van der Waals surface area contributed by atoms with Crippen LogP contribution in [0.15, 0.2) is 53.5 Å². The highest BCUT2D eigenvalue weighted by Gasteiger charge is 2.18. The van der Waals surface area contributed by atoms with Gasteiger partial charge in [-0.05, 0) is 35.6 Å². The molecule has 1 fully saturated rings. The van der Waals surface area contributed by atoms with Gasteiger partial charge in [0.25, 0.3) is 0 Å². The number of aliphatic imine (C=N–C) groups is 1. The van der Waals surface area contributed by atoms with Crippen LogP contribution < -0.4 is 5.32 Å². The average molecular weight is 307 g/mol. The summed E-state index contributed by atoms with van der Waals surface area (Å²) < 4.78 is 0. The van der Waals surface area contributed by atoms with Gasteiger partial charge in [0.15, 0.2) is 0 Å². The lowest BCUT2D eigenvalue weighted by molar-refractivity contribution is 0.353. The molecule has 2 aromatic rings. The number of fused-ring (bicyclic) bond motifs is 2. The van der Waals surface area contributed by atoms with E-state index in [-0.39, 0.29) is 1.43 Å². The minimum Gasteiger partial charge on any atom is -0.357 e. The molecule has 120 valence electrons. The molecule has 2 aromatic carbocycles. The van der Waals surface area contributed by atoms with E-state index in [1.807, 2.05) is 0 Å². The molecular formula is C20H25N3. The Labute approximate surface area is 139 Å². The number of benzene rings is 2. The molecule has 0 amide bonds. The van der Waals surface area contributed by atoms with E-state index in [0.717, 1.165) is 51.1 Å². The first-order valence-electron chi connectivity index (χ1n) is 8.58. The summed E-state index contributed by atoms with van der Waals surface area (Å²) in [7, 11) is 0. The number of nitrogens with one attached hydrogen (secondary N) is 1. The fourth-order valence-electron chi connectivity index (χ4n) is 3.53. The molecule has 2 aliphatic rings. The second-order valence-electron chi connectivity index (χ2n) is 6.34. The summed E-state index contributed by atoms with van der Waals surface area (Å²) in [5.74, 6) is 1.22. The average Bonchev–Trinajstić information content (AvgIpc) is 2.69. The molecule has 4 rings (SSSR count). The van der Waals surface area contributed by atoms with Crippen LogP contribution in [0.2, 0.25) is 0 Å². The third kappa shape index (κ3) is 3.15. The highest BCUT2D eigenvalue weighted by molar-refractivity contribution is 5.88. The standard InChI is InChI=1S/C20H23N3.H2/c1-2-7-18-15-20(23-13-11-21-12-14-23)22-19-8-4-3-6-17(19)10-9-16(18)5-1;/h1-8,21H,9-15H2;1H. The molecule has 3 heteroatoms. The van der Waals surface area contributed by atoms with Crippen LogP contribution in [0, 0.1) is 0 Å². The van der Waals surface area contributed by atoms with Crippen LogP contribution in [0.3, 0.4) is 0 Å². The van der Waals surface area contributed by atoms with Gasteiger partial charge in [0.2, 0.25) is 0 Å². The maximum Gasteiger partial charge on any atom is 0.109 e. The first-order valence-corrected chi connectivity index (χ1v) is 8.58. The summed E-state index contributed by atoms with van der Waals surface area (Å²) in [5, 5.41) is 3.44. The molecule has 1 N–H and O–H groups in total. The van der Waals surface area contributed by atoms with E-state index in [4.69, 9.17) is 4.99 Å². The molecule has 0 aromatic heterocycles. The Kier molecular flexibility index (Phi) is 4.12. The van der Waals surface area contributed by atoms with Crippen LogP contribution in [-0.2, 0) is 19.3 Å². The summed E-state index contributed by atoms with van der Waals surface area (Å²) >= 11 is 0. The minimum absolute atomic E-state index is 0. The number of nitrogens with zero attached hydrogens (tertiary/aromatic N) is 2. The molecule has 0 atom stereocenters.